The van der Waals surface area contributed by atoms with E-state index >= 15 is 8.78 Å². The van der Waals surface area contributed by atoms with E-state index in [0.717, 1.165) is 22.8 Å². The lowest BCUT2D eigenvalue weighted by Gasteiger charge is -2.63. The van der Waals surface area contributed by atoms with Crippen molar-refractivity contribution in [2.75, 3.05) is 6.61 Å². The van der Waals surface area contributed by atoms with E-state index < -0.39 is 88.7 Å². The Kier molecular flexibility index (Phi) is 8.25. The number of alkyl halides is 2. The number of carboxylic acids is 1. The van der Waals surface area contributed by atoms with Gasteiger partial charge >= 0.3 is 11.9 Å². The molecule has 1 saturated heterocycles. The van der Waals surface area contributed by atoms with E-state index in [1.54, 1.807) is 19.1 Å². The van der Waals surface area contributed by atoms with Crippen LogP contribution in [-0.2, 0) is 46.4 Å². The minimum atomic E-state index is -2.41. The van der Waals surface area contributed by atoms with Gasteiger partial charge in [0, 0.05) is 22.3 Å². The van der Waals surface area contributed by atoms with Gasteiger partial charge in [-0.3, -0.25) is 9.59 Å². The third-order valence-corrected chi connectivity index (χ3v) is 12.1. The molecule has 0 amide bonds. The lowest BCUT2D eigenvalue weighted by Crippen LogP contribution is -2.70. The molecule has 1 heterocycles. The quantitative estimate of drug-likeness (QED) is 0.286. The number of ketones is 2. The molecule has 4 aliphatic carbocycles. The SMILES string of the molecule is C[C@]12C=CC(=O)C=C1[C@@H](F)C[C@H]1[C@@H]3C[C@H]4O[C@@H](c5cccc(Cc6ccc(CO)cc6)c5)O[C@@]4(C(=O)COC(=O)C(=O)O)[C@@]3(C)C[C@H](O)[C@@]12F. The van der Waals surface area contributed by atoms with Crippen LogP contribution in [0.3, 0.4) is 0 Å². The number of ether oxygens (including phenoxy) is 3. The zero-order chi connectivity index (χ0) is 35.8. The number of aliphatic carboxylic acids is 1. The summed E-state index contributed by atoms with van der Waals surface area (Å²) in [6.45, 7) is 2.09. The molecule has 1 aliphatic heterocycles. The third-order valence-electron chi connectivity index (χ3n) is 12.1. The Morgan fingerprint density at radius 3 is 2.44 bits per heavy atom. The first-order valence-corrected chi connectivity index (χ1v) is 16.7. The van der Waals surface area contributed by atoms with E-state index in [1.807, 2.05) is 36.4 Å². The van der Waals surface area contributed by atoms with Crippen molar-refractivity contribution in [2.45, 2.75) is 82.1 Å². The summed E-state index contributed by atoms with van der Waals surface area (Å²) in [5.74, 6) is -6.72. The number of hydrogen-bond donors (Lipinski definition) is 3. The van der Waals surface area contributed by atoms with Gasteiger partial charge in [-0.1, -0.05) is 61.5 Å². The number of Topliss-reactive ketones (excluding diaryl/α,β-unsaturated/α-hetero) is 1. The number of aliphatic hydroxyl groups excluding tert-OH is 2. The molecule has 10 nitrogen and oxygen atoms in total. The van der Waals surface area contributed by atoms with Crippen molar-refractivity contribution < 1.29 is 57.5 Å². The van der Waals surface area contributed by atoms with Crippen LogP contribution in [0.15, 0.2) is 72.3 Å². The molecule has 0 unspecified atom stereocenters. The molecule has 0 bridgehead atoms. The minimum Gasteiger partial charge on any atom is -0.473 e. The van der Waals surface area contributed by atoms with Gasteiger partial charge in [-0.2, -0.15) is 0 Å². The first-order chi connectivity index (χ1) is 23.7. The highest BCUT2D eigenvalue weighted by Crippen LogP contribution is 2.72. The van der Waals surface area contributed by atoms with Crippen molar-refractivity contribution in [1.82, 2.24) is 0 Å². The third kappa shape index (κ3) is 4.86. The summed E-state index contributed by atoms with van der Waals surface area (Å²) in [4.78, 5) is 49.6. The van der Waals surface area contributed by atoms with Gasteiger partial charge in [0.15, 0.2) is 29.9 Å². The second-order valence-electron chi connectivity index (χ2n) is 14.6. The fraction of sp³-hybridized carbons (Fsp3) is 0.474. The van der Waals surface area contributed by atoms with Crippen molar-refractivity contribution in [2.24, 2.45) is 22.7 Å². The van der Waals surface area contributed by atoms with Crippen LogP contribution in [0.5, 0.6) is 0 Å². The number of rotatable bonds is 7. The largest absolute Gasteiger partial charge is 0.473 e. The van der Waals surface area contributed by atoms with Crippen LogP contribution in [-0.4, -0.2) is 75.1 Å². The van der Waals surface area contributed by atoms with Crippen LogP contribution < -0.4 is 0 Å². The number of aliphatic hydroxyl groups is 2. The number of carbonyl (C=O) groups excluding carboxylic acids is 3. The van der Waals surface area contributed by atoms with E-state index in [9.17, 15) is 29.4 Å². The minimum absolute atomic E-state index is 0.0345. The van der Waals surface area contributed by atoms with Crippen LogP contribution in [0.25, 0.3) is 0 Å². The molecule has 2 aromatic carbocycles. The van der Waals surface area contributed by atoms with E-state index in [2.05, 4.69) is 0 Å². The average Bonchev–Trinajstić information content (AvgIpc) is 3.59. The van der Waals surface area contributed by atoms with Gasteiger partial charge in [0.05, 0.1) is 18.8 Å². The number of esters is 1. The number of carbonyl (C=O) groups is 4. The number of benzene rings is 2. The van der Waals surface area contributed by atoms with Gasteiger partial charge in [-0.15, -0.1) is 0 Å². The zero-order valence-corrected chi connectivity index (χ0v) is 27.5. The summed E-state index contributed by atoms with van der Waals surface area (Å²) < 4.78 is 51.7. The highest BCUT2D eigenvalue weighted by atomic mass is 19.1. The van der Waals surface area contributed by atoms with Crippen LogP contribution in [0.2, 0.25) is 0 Å². The molecule has 50 heavy (non-hydrogen) atoms. The van der Waals surface area contributed by atoms with Crippen LogP contribution in [0.1, 0.15) is 61.7 Å². The first-order valence-electron chi connectivity index (χ1n) is 16.7. The predicted octanol–water partition coefficient (Wildman–Crippen LogP) is 4.05. The highest BCUT2D eigenvalue weighted by molar-refractivity contribution is 6.28. The standard InChI is InChI=1S/C38H38F2O10/c1-35-11-10-24(42)14-27(35)28(39)15-26-25-16-31-38(30(44)19-48-33(47)32(45)46,36(25,2)17-29(43)37(26,35)40)50-34(49-31)23-5-3-4-22(13-23)12-20-6-8-21(18-41)9-7-20/h3-11,13-14,25-26,28-29,31,34,41,43H,12,15-19H2,1-2H3,(H,45,46)/t25-,26-,28-,29-,31+,34+,35-,36-,37-,38+/m0/s1. The van der Waals surface area contributed by atoms with Gasteiger partial charge in [-0.05, 0) is 72.9 Å². The summed E-state index contributed by atoms with van der Waals surface area (Å²) in [5.41, 5.74) is -4.17. The maximum atomic E-state index is 17.8. The maximum absolute atomic E-state index is 17.8. The van der Waals surface area contributed by atoms with Crippen molar-refractivity contribution >= 4 is 23.5 Å². The van der Waals surface area contributed by atoms with E-state index in [-0.39, 0.29) is 31.4 Å². The summed E-state index contributed by atoms with van der Waals surface area (Å²) in [6.07, 6.45) is -2.08. The van der Waals surface area contributed by atoms with E-state index in [4.69, 9.17) is 19.3 Å². The fourth-order valence-corrected chi connectivity index (χ4v) is 9.75. The molecule has 3 N–H and O–H groups in total. The summed E-state index contributed by atoms with van der Waals surface area (Å²) in [7, 11) is 0. The van der Waals surface area contributed by atoms with Crippen molar-refractivity contribution in [3.8, 4) is 0 Å². The Balaban J connectivity index is 1.25. The summed E-state index contributed by atoms with van der Waals surface area (Å²) in [5, 5.41) is 30.3. The smallest absolute Gasteiger partial charge is 0.417 e. The molecule has 10 atom stereocenters. The molecular weight excluding hydrogens is 654 g/mol. The monoisotopic (exact) mass is 692 g/mol. The molecule has 12 heteroatoms. The Morgan fingerprint density at radius 2 is 1.74 bits per heavy atom. The van der Waals surface area contributed by atoms with Crippen LogP contribution in [0.4, 0.5) is 8.78 Å². The molecule has 3 saturated carbocycles. The fourth-order valence-electron chi connectivity index (χ4n) is 9.75. The summed E-state index contributed by atoms with van der Waals surface area (Å²) >= 11 is 0. The van der Waals surface area contributed by atoms with Gasteiger partial charge < -0.3 is 29.5 Å². The molecule has 4 fully saturated rings. The van der Waals surface area contributed by atoms with Gasteiger partial charge in [-0.25, -0.2) is 18.4 Å². The lowest BCUT2D eigenvalue weighted by atomic mass is 9.44. The number of fused-ring (bicyclic) bond motifs is 7. The number of hydrogen-bond acceptors (Lipinski definition) is 9. The molecule has 0 spiro atoms. The van der Waals surface area contributed by atoms with Crippen molar-refractivity contribution in [1.29, 1.82) is 0 Å². The topological polar surface area (TPSA) is 157 Å². The number of halogens is 2. The number of carboxylic acid groups (broad SMARTS) is 1. The molecule has 5 aliphatic rings. The second kappa shape index (κ2) is 12.0. The van der Waals surface area contributed by atoms with Crippen LogP contribution in [0, 0.1) is 22.7 Å². The molecule has 2 aromatic rings. The molecule has 7 rings (SSSR count). The Labute approximate surface area is 286 Å². The van der Waals surface area contributed by atoms with Gasteiger partial charge in [0.2, 0.25) is 5.78 Å². The lowest BCUT2D eigenvalue weighted by molar-refractivity contribution is -0.235. The maximum Gasteiger partial charge on any atom is 0.417 e. The Morgan fingerprint density at radius 1 is 1.02 bits per heavy atom. The van der Waals surface area contributed by atoms with Gasteiger partial charge in [0.25, 0.3) is 0 Å². The Bertz CT molecular complexity index is 1820. The average molecular weight is 693 g/mol. The zero-order valence-electron chi connectivity index (χ0n) is 27.5. The predicted molar refractivity (Wildman–Crippen MR) is 171 cm³/mol. The molecule has 0 aromatic heterocycles. The molecule has 0 radical (unpaired) electrons. The van der Waals surface area contributed by atoms with E-state index in [0.29, 0.717) is 12.0 Å². The molecular formula is C38H38F2O10. The molecule has 264 valence electrons. The Hall–Kier alpha value is -4.10. The first kappa shape index (κ1) is 34.4. The highest BCUT2D eigenvalue weighted by Gasteiger charge is 2.80. The number of allylic oxidation sites excluding steroid dienone is 4. The van der Waals surface area contributed by atoms with Gasteiger partial charge in [0.1, 0.15) is 6.17 Å². The van der Waals surface area contributed by atoms with Crippen LogP contribution >= 0.6 is 0 Å². The second-order valence-corrected chi connectivity index (χ2v) is 14.6. The van der Waals surface area contributed by atoms with Crippen molar-refractivity contribution in [3.63, 3.8) is 0 Å². The normalized spacial score (nSPS) is 38.4. The van der Waals surface area contributed by atoms with Crippen molar-refractivity contribution in [3.05, 3.63) is 94.6 Å². The van der Waals surface area contributed by atoms with E-state index in [1.165, 1.54) is 19.1 Å². The summed E-state index contributed by atoms with van der Waals surface area (Å²) in [6, 6.07) is 14.8.